The second-order valence-electron chi connectivity index (χ2n) is 6.63. The van der Waals surface area contributed by atoms with Crippen LogP contribution in [-0.2, 0) is 10.3 Å². The zero-order valence-electron chi connectivity index (χ0n) is 15.1. The fourth-order valence-electron chi connectivity index (χ4n) is 3.33. The van der Waals surface area contributed by atoms with Gasteiger partial charge >= 0.3 is 5.97 Å². The number of aromatic nitrogens is 4. The number of carbonyl (C=O) groups is 2. The zero-order valence-corrected chi connectivity index (χ0v) is 15.1. The maximum atomic E-state index is 12.1. The Morgan fingerprint density at radius 2 is 1.92 bits per heavy atom. The van der Waals surface area contributed by atoms with Crippen molar-refractivity contribution in [2.75, 3.05) is 32.1 Å². The van der Waals surface area contributed by atoms with Gasteiger partial charge in [0, 0.05) is 39.6 Å². The number of carboxylic acid groups (broad SMARTS) is 1. The lowest BCUT2D eigenvalue weighted by molar-refractivity contribution is -0.149. The normalized spacial score (nSPS) is 16.3. The summed E-state index contributed by atoms with van der Waals surface area (Å²) in [6.45, 7) is 2.80. The van der Waals surface area contributed by atoms with Crippen molar-refractivity contribution in [2.45, 2.75) is 25.3 Å². The first-order valence-corrected chi connectivity index (χ1v) is 8.37. The molecule has 138 valence electrons. The predicted molar refractivity (Wildman–Crippen MR) is 94.1 cm³/mol. The second-order valence-corrected chi connectivity index (χ2v) is 6.63. The Balaban J connectivity index is 1.82. The van der Waals surface area contributed by atoms with Crippen LogP contribution < -0.4 is 4.90 Å². The number of hydrogen-bond acceptors (Lipinski definition) is 6. The van der Waals surface area contributed by atoms with E-state index in [0.29, 0.717) is 37.6 Å². The molecule has 0 unspecified atom stereocenters. The van der Waals surface area contributed by atoms with Crippen LogP contribution in [0.4, 0.5) is 5.82 Å². The smallest absolute Gasteiger partial charge is 0.330 e. The number of rotatable bonds is 4. The molecule has 1 N–H and O–H groups in total. The quantitative estimate of drug-likeness (QED) is 0.860. The minimum Gasteiger partial charge on any atom is -0.479 e. The number of amides is 1. The highest BCUT2D eigenvalue weighted by molar-refractivity contribution is 5.92. The molecule has 0 saturated carbocycles. The molecule has 0 atom stereocenters. The fourth-order valence-corrected chi connectivity index (χ4v) is 3.33. The number of aryl methyl sites for hydroxylation is 1. The Labute approximate surface area is 151 Å². The Bertz CT molecular complexity index is 823. The molecule has 0 bridgehead atoms. The molecule has 2 aromatic rings. The van der Waals surface area contributed by atoms with E-state index in [1.54, 1.807) is 44.2 Å². The summed E-state index contributed by atoms with van der Waals surface area (Å²) in [6, 6.07) is 0. The second kappa shape index (κ2) is 6.74. The number of carbonyl (C=O) groups excluding carboxylic acids is 1. The molecule has 3 heterocycles. The monoisotopic (exact) mass is 358 g/mol. The first-order chi connectivity index (χ1) is 12.3. The number of piperidine rings is 1. The minimum atomic E-state index is -1.01. The Morgan fingerprint density at radius 3 is 2.46 bits per heavy atom. The molecule has 3 rings (SSSR count). The van der Waals surface area contributed by atoms with Gasteiger partial charge in [-0.2, -0.15) is 0 Å². The van der Waals surface area contributed by atoms with Gasteiger partial charge in [0.05, 0.1) is 12.4 Å². The first-order valence-electron chi connectivity index (χ1n) is 8.37. The highest BCUT2D eigenvalue weighted by atomic mass is 16.4. The summed E-state index contributed by atoms with van der Waals surface area (Å²) >= 11 is 0. The standard InChI is InChI=1S/C17H22N6O3/c1-12-19-6-9-23(12)17(16(25)26)4-7-22(8-5-17)14-11-18-10-13(20-14)15(24)21(2)3/h6,9-11H,4-5,7-8H2,1-3H3,(H,25,26). The third-order valence-electron chi connectivity index (χ3n) is 4.85. The fraction of sp³-hybridized carbons (Fsp3) is 0.471. The van der Waals surface area contributed by atoms with Crippen molar-refractivity contribution in [2.24, 2.45) is 0 Å². The molecule has 9 heteroatoms. The number of aliphatic carboxylic acids is 1. The van der Waals surface area contributed by atoms with Crippen LogP contribution in [0, 0.1) is 6.92 Å². The van der Waals surface area contributed by atoms with Crippen molar-refractivity contribution < 1.29 is 14.7 Å². The average Bonchev–Trinajstić information content (AvgIpc) is 3.07. The van der Waals surface area contributed by atoms with Crippen LogP contribution in [0.3, 0.4) is 0 Å². The van der Waals surface area contributed by atoms with Gasteiger partial charge in [-0.1, -0.05) is 0 Å². The number of nitrogens with zero attached hydrogens (tertiary/aromatic N) is 6. The molecule has 1 amide bonds. The Morgan fingerprint density at radius 1 is 1.23 bits per heavy atom. The first kappa shape index (κ1) is 17.8. The molecule has 0 aliphatic carbocycles. The molecule has 1 aliphatic heterocycles. The molecule has 1 aliphatic rings. The van der Waals surface area contributed by atoms with Crippen LogP contribution in [0.15, 0.2) is 24.8 Å². The lowest BCUT2D eigenvalue weighted by Gasteiger charge is -2.40. The summed E-state index contributed by atoms with van der Waals surface area (Å²) < 4.78 is 1.74. The lowest BCUT2D eigenvalue weighted by atomic mass is 9.87. The van der Waals surface area contributed by atoms with Gasteiger partial charge in [-0.15, -0.1) is 0 Å². The maximum Gasteiger partial charge on any atom is 0.330 e. The van der Waals surface area contributed by atoms with E-state index in [-0.39, 0.29) is 11.6 Å². The van der Waals surface area contributed by atoms with Crippen molar-refractivity contribution in [3.8, 4) is 0 Å². The third-order valence-corrected chi connectivity index (χ3v) is 4.85. The van der Waals surface area contributed by atoms with E-state index in [2.05, 4.69) is 15.0 Å². The molecule has 0 aromatic carbocycles. The molecule has 26 heavy (non-hydrogen) atoms. The molecule has 0 spiro atoms. The van der Waals surface area contributed by atoms with Gasteiger partial charge < -0.3 is 19.5 Å². The van der Waals surface area contributed by atoms with Crippen molar-refractivity contribution in [1.82, 2.24) is 24.4 Å². The van der Waals surface area contributed by atoms with Crippen molar-refractivity contribution >= 4 is 17.7 Å². The average molecular weight is 358 g/mol. The van der Waals surface area contributed by atoms with Crippen LogP contribution >= 0.6 is 0 Å². The molecular weight excluding hydrogens is 336 g/mol. The van der Waals surface area contributed by atoms with Gasteiger partial charge in [0.1, 0.15) is 22.9 Å². The van der Waals surface area contributed by atoms with Gasteiger partial charge in [-0.05, 0) is 19.8 Å². The highest BCUT2D eigenvalue weighted by Gasteiger charge is 2.44. The van der Waals surface area contributed by atoms with Crippen molar-refractivity contribution in [1.29, 1.82) is 0 Å². The van der Waals surface area contributed by atoms with E-state index >= 15 is 0 Å². The summed E-state index contributed by atoms with van der Waals surface area (Å²) in [5.74, 6) is 0.185. The number of anilines is 1. The van der Waals surface area contributed by atoms with Gasteiger partial charge in [0.15, 0.2) is 0 Å². The van der Waals surface area contributed by atoms with E-state index in [1.165, 1.54) is 11.1 Å². The summed E-state index contributed by atoms with van der Waals surface area (Å²) in [6.07, 6.45) is 7.19. The number of hydrogen-bond donors (Lipinski definition) is 1. The van der Waals surface area contributed by atoms with Crippen molar-refractivity contribution in [3.63, 3.8) is 0 Å². The summed E-state index contributed by atoms with van der Waals surface area (Å²) in [5.41, 5.74) is -0.741. The highest BCUT2D eigenvalue weighted by Crippen LogP contribution is 2.33. The van der Waals surface area contributed by atoms with E-state index in [1.807, 2.05) is 4.90 Å². The summed E-state index contributed by atoms with van der Waals surface area (Å²) in [4.78, 5) is 40.2. The van der Waals surface area contributed by atoms with Gasteiger partial charge in [-0.3, -0.25) is 9.78 Å². The number of imidazole rings is 1. The van der Waals surface area contributed by atoms with E-state index in [0.717, 1.165) is 0 Å². The van der Waals surface area contributed by atoms with Crippen LogP contribution in [0.1, 0.15) is 29.2 Å². The van der Waals surface area contributed by atoms with Crippen LogP contribution in [-0.4, -0.2) is 68.6 Å². The van der Waals surface area contributed by atoms with E-state index < -0.39 is 11.5 Å². The molecule has 1 fully saturated rings. The largest absolute Gasteiger partial charge is 0.479 e. The maximum absolute atomic E-state index is 12.1. The van der Waals surface area contributed by atoms with Crippen LogP contribution in [0.5, 0.6) is 0 Å². The van der Waals surface area contributed by atoms with Crippen LogP contribution in [0.25, 0.3) is 0 Å². The van der Waals surface area contributed by atoms with Gasteiger partial charge in [-0.25, -0.2) is 14.8 Å². The predicted octanol–water partition coefficient (Wildman–Crippen LogP) is 0.764. The topological polar surface area (TPSA) is 104 Å². The SMILES string of the molecule is Cc1nccn1C1(C(=O)O)CCN(c2cncc(C(=O)N(C)C)n2)CC1. The molecule has 9 nitrogen and oxygen atoms in total. The molecule has 0 radical (unpaired) electrons. The zero-order chi connectivity index (χ0) is 18.9. The van der Waals surface area contributed by atoms with Crippen LogP contribution in [0.2, 0.25) is 0 Å². The Kier molecular flexibility index (Phi) is 4.62. The van der Waals surface area contributed by atoms with E-state index in [4.69, 9.17) is 0 Å². The van der Waals surface area contributed by atoms with Gasteiger partial charge in [0.2, 0.25) is 0 Å². The molecular formula is C17H22N6O3. The molecule has 1 saturated heterocycles. The Hall–Kier alpha value is -2.97. The lowest BCUT2D eigenvalue weighted by Crippen LogP contribution is -2.51. The number of carboxylic acids is 1. The van der Waals surface area contributed by atoms with Gasteiger partial charge in [0.25, 0.3) is 5.91 Å². The molecule has 2 aromatic heterocycles. The summed E-state index contributed by atoms with van der Waals surface area (Å²) in [5, 5.41) is 9.87. The minimum absolute atomic E-state index is 0.217. The third kappa shape index (κ3) is 3.00. The summed E-state index contributed by atoms with van der Waals surface area (Å²) in [7, 11) is 3.32. The van der Waals surface area contributed by atoms with E-state index in [9.17, 15) is 14.7 Å². The van der Waals surface area contributed by atoms with Crippen molar-refractivity contribution in [3.05, 3.63) is 36.3 Å².